The van der Waals surface area contributed by atoms with Crippen LogP contribution in [0.1, 0.15) is 21.5 Å². The van der Waals surface area contributed by atoms with Crippen molar-refractivity contribution in [1.29, 1.82) is 0 Å². The number of carbonyl (C=O) groups excluding carboxylic acids is 1. The minimum absolute atomic E-state index is 0.0778. The molecule has 1 N–H and O–H groups in total. The number of methoxy groups -OCH3 is 1. The smallest absolute Gasteiger partial charge is 0.420 e. The highest BCUT2D eigenvalue weighted by atomic mass is 19.4. The molecule has 3 aromatic carbocycles. The lowest BCUT2D eigenvalue weighted by Gasteiger charge is -2.14. The second kappa shape index (κ2) is 8.40. The van der Waals surface area contributed by atoms with Crippen LogP contribution >= 0.6 is 0 Å². The van der Waals surface area contributed by atoms with E-state index in [-0.39, 0.29) is 17.1 Å². The molecule has 0 aliphatic heterocycles. The van der Waals surface area contributed by atoms with Gasteiger partial charge in [0.25, 0.3) is 5.91 Å². The number of nitrogens with zero attached hydrogens (tertiary/aromatic N) is 2. The summed E-state index contributed by atoms with van der Waals surface area (Å²) in [6, 6.07) is 12.3. The van der Waals surface area contributed by atoms with Gasteiger partial charge in [0, 0.05) is 5.39 Å². The van der Waals surface area contributed by atoms with Gasteiger partial charge in [0.2, 0.25) is 0 Å². The maximum Gasteiger partial charge on any atom is 0.420 e. The molecule has 5 nitrogen and oxygen atoms in total. The molecule has 0 bridgehead atoms. The summed E-state index contributed by atoms with van der Waals surface area (Å²) in [6.45, 7) is 0. The highest BCUT2D eigenvalue weighted by Crippen LogP contribution is 2.38. The molecule has 0 radical (unpaired) electrons. The summed E-state index contributed by atoms with van der Waals surface area (Å²) in [5.74, 6) is -1.35. The van der Waals surface area contributed by atoms with Crippen molar-refractivity contribution < 1.29 is 35.9 Å². The van der Waals surface area contributed by atoms with Crippen LogP contribution in [-0.2, 0) is 12.4 Å². The summed E-state index contributed by atoms with van der Waals surface area (Å²) < 4.78 is 86.1. The third kappa shape index (κ3) is 4.28. The lowest BCUT2D eigenvalue weighted by atomic mass is 10.1. The number of amides is 1. The van der Waals surface area contributed by atoms with Crippen LogP contribution in [0, 0.1) is 0 Å². The molecule has 1 heterocycles. The zero-order valence-corrected chi connectivity index (χ0v) is 17.3. The Bertz CT molecular complexity index is 1380. The van der Waals surface area contributed by atoms with Crippen molar-refractivity contribution >= 4 is 22.5 Å². The molecule has 0 fully saturated rings. The summed E-state index contributed by atoms with van der Waals surface area (Å²) in [5, 5.41) is 6.88. The Balaban J connectivity index is 1.74. The van der Waals surface area contributed by atoms with Gasteiger partial charge in [0.1, 0.15) is 5.75 Å². The molecule has 1 aromatic heterocycles. The van der Waals surface area contributed by atoms with Crippen LogP contribution < -0.4 is 10.1 Å². The van der Waals surface area contributed by atoms with Crippen LogP contribution in [0.25, 0.3) is 16.6 Å². The lowest BCUT2D eigenvalue weighted by molar-refractivity contribution is -0.139. The molecule has 0 unspecified atom stereocenters. The van der Waals surface area contributed by atoms with Crippen LogP contribution in [0.5, 0.6) is 5.75 Å². The quantitative estimate of drug-likeness (QED) is 0.349. The second-order valence-electron chi connectivity index (χ2n) is 7.17. The molecule has 0 aliphatic carbocycles. The molecule has 4 rings (SSSR count). The monoisotopic (exact) mass is 479 g/mol. The fourth-order valence-corrected chi connectivity index (χ4v) is 3.53. The molecule has 0 spiro atoms. The number of fused-ring (bicyclic) bond motifs is 1. The summed E-state index contributed by atoms with van der Waals surface area (Å²) in [5.41, 5.74) is -2.09. The van der Waals surface area contributed by atoms with Gasteiger partial charge in [-0.25, -0.2) is 4.68 Å². The zero-order valence-electron chi connectivity index (χ0n) is 17.3. The van der Waals surface area contributed by atoms with Crippen LogP contribution in [0.3, 0.4) is 0 Å². The summed E-state index contributed by atoms with van der Waals surface area (Å²) in [4.78, 5) is 12.7. The Kier molecular flexibility index (Phi) is 5.72. The predicted molar refractivity (Wildman–Crippen MR) is 112 cm³/mol. The topological polar surface area (TPSA) is 56.1 Å². The number of aromatic nitrogens is 2. The van der Waals surface area contributed by atoms with Gasteiger partial charge in [0.05, 0.1) is 46.9 Å². The average Bonchev–Trinajstić information content (AvgIpc) is 3.22. The van der Waals surface area contributed by atoms with E-state index in [0.29, 0.717) is 10.9 Å². The number of halogens is 6. The first kappa shape index (κ1) is 23.1. The van der Waals surface area contributed by atoms with E-state index in [9.17, 15) is 31.1 Å². The number of alkyl halides is 6. The molecule has 0 atom stereocenters. The number of nitrogens with one attached hydrogen (secondary N) is 1. The number of carbonyl (C=O) groups is 1. The minimum Gasteiger partial charge on any atom is -0.496 e. The predicted octanol–water partition coefficient (Wildman–Crippen LogP) is 6.32. The van der Waals surface area contributed by atoms with Crippen molar-refractivity contribution in [2.45, 2.75) is 12.4 Å². The molecular formula is C23H15F6N3O2. The molecule has 176 valence electrons. The second-order valence-corrected chi connectivity index (χ2v) is 7.17. The highest BCUT2D eigenvalue weighted by molar-refractivity contribution is 6.09. The van der Waals surface area contributed by atoms with Gasteiger partial charge in [-0.2, -0.15) is 31.4 Å². The maximum absolute atomic E-state index is 13.4. The fourth-order valence-electron chi connectivity index (χ4n) is 3.53. The Hall–Kier alpha value is -4.02. The van der Waals surface area contributed by atoms with Crippen LogP contribution in [-0.4, -0.2) is 22.8 Å². The molecule has 1 amide bonds. The van der Waals surface area contributed by atoms with Gasteiger partial charge >= 0.3 is 12.4 Å². The fraction of sp³-hybridized carbons (Fsp3) is 0.130. The molecule has 11 heteroatoms. The van der Waals surface area contributed by atoms with E-state index in [4.69, 9.17) is 4.74 Å². The van der Waals surface area contributed by atoms with E-state index in [2.05, 4.69) is 10.4 Å². The first-order valence-corrected chi connectivity index (χ1v) is 9.70. The van der Waals surface area contributed by atoms with E-state index in [1.807, 2.05) is 0 Å². The number of hydrogen-bond acceptors (Lipinski definition) is 3. The highest BCUT2D eigenvalue weighted by Gasteiger charge is 2.36. The van der Waals surface area contributed by atoms with Gasteiger partial charge in [-0.05, 0) is 42.5 Å². The van der Waals surface area contributed by atoms with Gasteiger partial charge in [-0.3, -0.25) is 4.79 Å². The molecule has 0 saturated carbocycles. The first-order valence-electron chi connectivity index (χ1n) is 9.70. The third-order valence-corrected chi connectivity index (χ3v) is 5.07. The maximum atomic E-state index is 13.4. The van der Waals surface area contributed by atoms with Crippen LogP contribution in [0.2, 0.25) is 0 Å². The van der Waals surface area contributed by atoms with Gasteiger partial charge in [-0.15, -0.1) is 0 Å². The van der Waals surface area contributed by atoms with E-state index in [1.54, 1.807) is 6.07 Å². The zero-order chi connectivity index (χ0) is 24.7. The standard InChI is InChI=1S/C23H15F6N3O2/c1-34-20-10-9-13(11-17(20)23(27,28)29)32-19-8-4-7-18(15(19)12-30-32)31-21(33)14-5-2-3-6-16(14)22(24,25)26/h2-12H,1H3,(H,31,33). The Morgan fingerprint density at radius 2 is 1.62 bits per heavy atom. The third-order valence-electron chi connectivity index (χ3n) is 5.07. The first-order chi connectivity index (χ1) is 16.0. The number of ether oxygens (including phenoxy) is 1. The molecule has 0 aliphatic rings. The van der Waals surface area contributed by atoms with Crippen molar-refractivity contribution in [2.75, 3.05) is 12.4 Å². The largest absolute Gasteiger partial charge is 0.496 e. The summed E-state index contributed by atoms with van der Waals surface area (Å²) in [6.07, 6.45) is -8.09. The van der Waals surface area contributed by atoms with Crippen molar-refractivity contribution in [3.63, 3.8) is 0 Å². The number of anilines is 1. The van der Waals surface area contributed by atoms with Gasteiger partial charge < -0.3 is 10.1 Å². The van der Waals surface area contributed by atoms with E-state index >= 15 is 0 Å². The summed E-state index contributed by atoms with van der Waals surface area (Å²) in [7, 11) is 1.12. The number of benzene rings is 3. The van der Waals surface area contributed by atoms with Crippen molar-refractivity contribution in [3.05, 3.63) is 83.6 Å². The Labute approximate surface area is 188 Å². The van der Waals surface area contributed by atoms with E-state index in [1.165, 1.54) is 41.2 Å². The molecule has 34 heavy (non-hydrogen) atoms. The van der Waals surface area contributed by atoms with Crippen molar-refractivity contribution in [3.8, 4) is 11.4 Å². The Morgan fingerprint density at radius 1 is 0.912 bits per heavy atom. The Morgan fingerprint density at radius 3 is 2.29 bits per heavy atom. The normalized spacial score (nSPS) is 12.1. The molecule has 0 saturated heterocycles. The molecule has 4 aromatic rings. The SMILES string of the molecule is COc1ccc(-n2ncc3c(NC(=O)c4ccccc4C(F)(F)F)cccc32)cc1C(F)(F)F. The van der Waals surface area contributed by atoms with Crippen molar-refractivity contribution in [1.82, 2.24) is 9.78 Å². The minimum atomic E-state index is -4.73. The average molecular weight is 479 g/mol. The van der Waals surface area contributed by atoms with Crippen LogP contribution in [0.4, 0.5) is 32.0 Å². The number of hydrogen-bond donors (Lipinski definition) is 1. The van der Waals surface area contributed by atoms with Crippen molar-refractivity contribution in [2.24, 2.45) is 0 Å². The van der Waals surface area contributed by atoms with Gasteiger partial charge in [-0.1, -0.05) is 18.2 Å². The lowest BCUT2D eigenvalue weighted by Crippen LogP contribution is -2.18. The van der Waals surface area contributed by atoms with Gasteiger partial charge in [0.15, 0.2) is 0 Å². The molecular weight excluding hydrogens is 464 g/mol. The van der Waals surface area contributed by atoms with E-state index < -0.39 is 35.0 Å². The number of rotatable bonds is 4. The van der Waals surface area contributed by atoms with E-state index in [0.717, 1.165) is 31.4 Å². The summed E-state index contributed by atoms with van der Waals surface area (Å²) >= 11 is 0. The van der Waals surface area contributed by atoms with Crippen LogP contribution in [0.15, 0.2) is 66.9 Å².